The van der Waals surface area contributed by atoms with Gasteiger partial charge in [-0.05, 0) is 18.4 Å². The van der Waals surface area contributed by atoms with Crippen molar-refractivity contribution in [3.63, 3.8) is 0 Å². The van der Waals surface area contributed by atoms with E-state index in [2.05, 4.69) is 20.4 Å². The molecule has 3 aromatic heterocycles. The van der Waals surface area contributed by atoms with Crippen LogP contribution in [0.1, 0.15) is 23.3 Å². The van der Waals surface area contributed by atoms with Gasteiger partial charge in [0.2, 0.25) is 0 Å². The van der Waals surface area contributed by atoms with Crippen molar-refractivity contribution in [3.05, 3.63) is 50.6 Å². The number of hydrogen-bond donors (Lipinski definition) is 2. The molecular formula is C13H16N6O2S. The van der Waals surface area contributed by atoms with Crippen LogP contribution in [0.5, 0.6) is 0 Å². The highest BCUT2D eigenvalue weighted by molar-refractivity contribution is 7.10. The molecular weight excluding hydrogens is 304 g/mol. The quantitative estimate of drug-likeness (QED) is 0.702. The van der Waals surface area contributed by atoms with Gasteiger partial charge < -0.3 is 5.11 Å². The summed E-state index contributed by atoms with van der Waals surface area (Å²) in [6.07, 6.45) is 2.11. The summed E-state index contributed by atoms with van der Waals surface area (Å²) < 4.78 is 2.81. The summed E-state index contributed by atoms with van der Waals surface area (Å²) in [5, 5.41) is 24.6. The number of aromatic amines is 1. The maximum atomic E-state index is 11.3. The SMILES string of the molecule is Cn1nc(Cn2cc(CC(C)(O)c3cccs3)nn2)[nH]c1=O. The summed E-state index contributed by atoms with van der Waals surface area (Å²) in [6, 6.07) is 3.80. The molecule has 3 rings (SSSR count). The number of aromatic nitrogens is 6. The third kappa shape index (κ3) is 3.00. The molecule has 0 aromatic carbocycles. The minimum absolute atomic E-state index is 0.268. The Morgan fingerprint density at radius 3 is 2.95 bits per heavy atom. The second-order valence-electron chi connectivity index (χ2n) is 5.34. The Kier molecular flexibility index (Phi) is 3.67. The third-order valence-electron chi connectivity index (χ3n) is 3.29. The van der Waals surface area contributed by atoms with Gasteiger partial charge in [-0.3, -0.25) is 4.98 Å². The van der Waals surface area contributed by atoms with Crippen LogP contribution in [0, 0.1) is 0 Å². The van der Waals surface area contributed by atoms with Crippen LogP contribution in [0.2, 0.25) is 0 Å². The molecule has 116 valence electrons. The van der Waals surface area contributed by atoms with Gasteiger partial charge in [0.25, 0.3) is 0 Å². The van der Waals surface area contributed by atoms with Crippen molar-refractivity contribution in [1.82, 2.24) is 29.8 Å². The number of nitrogens with one attached hydrogen (secondary N) is 1. The van der Waals surface area contributed by atoms with Gasteiger partial charge in [-0.25, -0.2) is 14.2 Å². The van der Waals surface area contributed by atoms with E-state index in [-0.39, 0.29) is 5.69 Å². The van der Waals surface area contributed by atoms with E-state index in [9.17, 15) is 9.90 Å². The second-order valence-corrected chi connectivity index (χ2v) is 6.28. The zero-order valence-corrected chi connectivity index (χ0v) is 13.0. The molecule has 0 radical (unpaired) electrons. The summed E-state index contributed by atoms with van der Waals surface area (Å²) in [5.41, 5.74) is -0.568. The van der Waals surface area contributed by atoms with E-state index in [1.807, 2.05) is 17.5 Å². The van der Waals surface area contributed by atoms with E-state index in [4.69, 9.17) is 0 Å². The fourth-order valence-corrected chi connectivity index (χ4v) is 2.99. The maximum Gasteiger partial charge on any atom is 0.343 e. The van der Waals surface area contributed by atoms with Crippen molar-refractivity contribution in [3.8, 4) is 0 Å². The van der Waals surface area contributed by atoms with Crippen molar-refractivity contribution < 1.29 is 5.11 Å². The fourth-order valence-electron chi connectivity index (χ4n) is 2.20. The fraction of sp³-hybridized carbons (Fsp3) is 0.385. The van der Waals surface area contributed by atoms with Crippen molar-refractivity contribution in [2.24, 2.45) is 7.05 Å². The van der Waals surface area contributed by atoms with Gasteiger partial charge in [0.05, 0.1) is 5.69 Å². The van der Waals surface area contributed by atoms with E-state index in [1.54, 1.807) is 24.9 Å². The molecule has 3 aromatic rings. The molecule has 0 saturated carbocycles. The average Bonchev–Trinajstić information content (AvgIpc) is 3.14. The number of nitrogens with zero attached hydrogens (tertiary/aromatic N) is 5. The van der Waals surface area contributed by atoms with Gasteiger partial charge in [0.15, 0.2) is 5.82 Å². The largest absolute Gasteiger partial charge is 0.384 e. The van der Waals surface area contributed by atoms with E-state index < -0.39 is 5.60 Å². The lowest BCUT2D eigenvalue weighted by molar-refractivity contribution is 0.0604. The Bertz CT molecular complexity index is 814. The van der Waals surface area contributed by atoms with Crippen molar-refractivity contribution in [2.75, 3.05) is 0 Å². The van der Waals surface area contributed by atoms with Gasteiger partial charge in [-0.1, -0.05) is 11.3 Å². The molecule has 2 N–H and O–H groups in total. The molecule has 0 spiro atoms. The van der Waals surface area contributed by atoms with Crippen LogP contribution >= 0.6 is 11.3 Å². The number of aliphatic hydroxyl groups is 1. The normalized spacial score (nSPS) is 14.1. The monoisotopic (exact) mass is 320 g/mol. The highest BCUT2D eigenvalue weighted by Crippen LogP contribution is 2.28. The van der Waals surface area contributed by atoms with Gasteiger partial charge in [0, 0.05) is 24.5 Å². The predicted octanol–water partition coefficient (Wildman–Crippen LogP) is 0.260. The molecule has 1 atom stereocenters. The van der Waals surface area contributed by atoms with Crippen molar-refractivity contribution in [1.29, 1.82) is 0 Å². The van der Waals surface area contributed by atoms with Crippen molar-refractivity contribution in [2.45, 2.75) is 25.5 Å². The van der Waals surface area contributed by atoms with E-state index in [0.717, 1.165) is 4.88 Å². The standard InChI is InChI=1S/C13H16N6O2S/c1-13(21,10-4-3-5-22-10)6-9-7-19(17-15-9)8-11-14-12(20)18(2)16-11/h3-5,7,21H,6,8H2,1-2H3,(H,14,16,20). The summed E-state index contributed by atoms with van der Waals surface area (Å²) >= 11 is 1.51. The van der Waals surface area contributed by atoms with Crippen LogP contribution in [0.25, 0.3) is 0 Å². The Balaban J connectivity index is 1.72. The van der Waals surface area contributed by atoms with Gasteiger partial charge in [0.1, 0.15) is 12.1 Å². The molecule has 22 heavy (non-hydrogen) atoms. The first-order valence-corrected chi connectivity index (χ1v) is 7.59. The minimum Gasteiger partial charge on any atom is -0.384 e. The first-order valence-electron chi connectivity index (χ1n) is 6.71. The number of hydrogen-bond acceptors (Lipinski definition) is 6. The molecule has 0 saturated heterocycles. The summed E-state index contributed by atoms with van der Waals surface area (Å²) in [7, 11) is 1.58. The molecule has 9 heteroatoms. The summed E-state index contributed by atoms with van der Waals surface area (Å²) in [6.45, 7) is 2.08. The van der Waals surface area contributed by atoms with Gasteiger partial charge >= 0.3 is 5.69 Å². The van der Waals surface area contributed by atoms with E-state index in [1.165, 1.54) is 16.0 Å². The molecule has 8 nitrogen and oxygen atoms in total. The van der Waals surface area contributed by atoms with Crippen LogP contribution in [0.4, 0.5) is 0 Å². The molecule has 0 aliphatic rings. The van der Waals surface area contributed by atoms with E-state index >= 15 is 0 Å². The number of aryl methyl sites for hydroxylation is 1. The molecule has 1 unspecified atom stereocenters. The lowest BCUT2D eigenvalue weighted by Crippen LogP contribution is -2.23. The molecule has 0 bridgehead atoms. The molecule has 0 amide bonds. The molecule has 3 heterocycles. The third-order valence-corrected chi connectivity index (χ3v) is 4.41. The zero-order chi connectivity index (χ0) is 15.7. The predicted molar refractivity (Wildman–Crippen MR) is 80.5 cm³/mol. The first kappa shape index (κ1) is 14.7. The van der Waals surface area contributed by atoms with Crippen LogP contribution in [-0.4, -0.2) is 34.9 Å². The average molecular weight is 320 g/mol. The van der Waals surface area contributed by atoms with Gasteiger partial charge in [-0.15, -0.1) is 16.4 Å². The second kappa shape index (κ2) is 5.50. The smallest absolute Gasteiger partial charge is 0.343 e. The van der Waals surface area contributed by atoms with Crippen LogP contribution < -0.4 is 5.69 Å². The van der Waals surface area contributed by atoms with Crippen LogP contribution in [0.3, 0.4) is 0 Å². The highest BCUT2D eigenvalue weighted by Gasteiger charge is 2.26. The Morgan fingerprint density at radius 2 is 2.32 bits per heavy atom. The summed E-state index contributed by atoms with van der Waals surface area (Å²) in [5.74, 6) is 0.508. The van der Waals surface area contributed by atoms with Crippen LogP contribution in [-0.2, 0) is 25.6 Å². The topological polar surface area (TPSA) is 102 Å². The van der Waals surface area contributed by atoms with Crippen LogP contribution in [0.15, 0.2) is 28.5 Å². The Morgan fingerprint density at radius 1 is 1.50 bits per heavy atom. The maximum absolute atomic E-state index is 11.3. The lowest BCUT2D eigenvalue weighted by Gasteiger charge is -2.20. The van der Waals surface area contributed by atoms with Crippen molar-refractivity contribution >= 4 is 11.3 Å². The van der Waals surface area contributed by atoms with Gasteiger partial charge in [-0.2, -0.15) is 5.10 Å². The molecule has 0 aliphatic heterocycles. The molecule has 0 aliphatic carbocycles. The Hall–Kier alpha value is -2.26. The Labute approximate surface area is 130 Å². The molecule has 0 fully saturated rings. The number of thiophene rings is 1. The zero-order valence-electron chi connectivity index (χ0n) is 12.2. The lowest BCUT2D eigenvalue weighted by atomic mass is 9.99. The highest BCUT2D eigenvalue weighted by atomic mass is 32.1. The number of rotatable bonds is 5. The van der Waals surface area contributed by atoms with E-state index in [0.29, 0.717) is 24.5 Å². The summed E-state index contributed by atoms with van der Waals surface area (Å²) in [4.78, 5) is 14.8. The number of H-pyrrole nitrogens is 1. The minimum atomic E-state index is -0.978. The first-order chi connectivity index (χ1) is 10.4.